The van der Waals surface area contributed by atoms with Crippen molar-refractivity contribution in [1.29, 1.82) is 0 Å². The molecule has 5 nitrogen and oxygen atoms in total. The molecule has 2 fully saturated rings. The van der Waals surface area contributed by atoms with E-state index in [4.69, 9.17) is 9.84 Å². The average molecular weight is 241 g/mol. The number of carboxylic acids is 1. The first-order valence-corrected chi connectivity index (χ1v) is 6.25. The summed E-state index contributed by atoms with van der Waals surface area (Å²) in [4.78, 5) is 22.6. The van der Waals surface area contributed by atoms with Crippen molar-refractivity contribution in [1.82, 2.24) is 5.32 Å². The number of carbonyl (C=O) groups is 2. The second kappa shape index (κ2) is 5.04. The minimum atomic E-state index is -0.757. The fourth-order valence-corrected chi connectivity index (χ4v) is 2.63. The van der Waals surface area contributed by atoms with Gasteiger partial charge in [0.15, 0.2) is 0 Å². The number of ether oxygens (including phenoxy) is 1. The van der Waals surface area contributed by atoms with Gasteiger partial charge in [-0.15, -0.1) is 0 Å². The Kier molecular flexibility index (Phi) is 3.66. The Labute approximate surface area is 101 Å². The van der Waals surface area contributed by atoms with Crippen LogP contribution in [0.1, 0.15) is 39.0 Å². The Bertz CT molecular complexity index is 318. The van der Waals surface area contributed by atoms with Gasteiger partial charge in [0.2, 0.25) is 5.91 Å². The van der Waals surface area contributed by atoms with Gasteiger partial charge in [-0.3, -0.25) is 9.59 Å². The minimum Gasteiger partial charge on any atom is -0.481 e. The number of hydrogen-bond acceptors (Lipinski definition) is 3. The smallest absolute Gasteiger partial charge is 0.306 e. The molecule has 2 rings (SSSR count). The van der Waals surface area contributed by atoms with Crippen LogP contribution >= 0.6 is 0 Å². The standard InChI is InChI=1S/C12H19NO4/c1-7-2-5-10(17-7)11(14)13-9-4-3-8(6-9)12(15)16/h7-10H,2-6H2,1H3,(H,13,14)(H,15,16)/t7?,8-,9+,10?/m1/s1. The molecule has 5 heteroatoms. The zero-order chi connectivity index (χ0) is 12.4. The van der Waals surface area contributed by atoms with E-state index >= 15 is 0 Å². The maximum Gasteiger partial charge on any atom is 0.306 e. The molecule has 0 bridgehead atoms. The van der Waals surface area contributed by atoms with Crippen molar-refractivity contribution in [2.45, 2.75) is 57.3 Å². The Morgan fingerprint density at radius 1 is 1.24 bits per heavy atom. The SMILES string of the molecule is CC1CCC(C(=O)N[C@H]2CC[C@@H](C(=O)O)C2)O1. The highest BCUT2D eigenvalue weighted by atomic mass is 16.5. The average Bonchev–Trinajstić information content (AvgIpc) is 2.86. The van der Waals surface area contributed by atoms with E-state index in [1.807, 2.05) is 6.92 Å². The molecule has 1 saturated heterocycles. The van der Waals surface area contributed by atoms with Crippen LogP contribution in [-0.2, 0) is 14.3 Å². The molecule has 0 spiro atoms. The van der Waals surface area contributed by atoms with Crippen molar-refractivity contribution in [2.24, 2.45) is 5.92 Å². The molecule has 2 unspecified atom stereocenters. The molecule has 4 atom stereocenters. The first-order valence-electron chi connectivity index (χ1n) is 6.25. The minimum absolute atomic E-state index is 0.00288. The second-order valence-corrected chi connectivity index (χ2v) is 5.07. The third kappa shape index (κ3) is 2.97. The van der Waals surface area contributed by atoms with Gasteiger partial charge in [0, 0.05) is 6.04 Å². The number of nitrogens with one attached hydrogen (secondary N) is 1. The summed E-state index contributed by atoms with van der Waals surface area (Å²) in [6.07, 6.45) is 3.45. The zero-order valence-corrected chi connectivity index (χ0v) is 10.0. The topological polar surface area (TPSA) is 75.6 Å². The number of rotatable bonds is 3. The maximum atomic E-state index is 11.8. The molecular formula is C12H19NO4. The largest absolute Gasteiger partial charge is 0.481 e. The molecule has 1 aliphatic carbocycles. The second-order valence-electron chi connectivity index (χ2n) is 5.07. The highest BCUT2D eigenvalue weighted by Crippen LogP contribution is 2.26. The van der Waals surface area contributed by atoms with Crippen LogP contribution in [0.3, 0.4) is 0 Å². The number of carboxylic acid groups (broad SMARTS) is 1. The highest BCUT2D eigenvalue weighted by molar-refractivity contribution is 5.81. The molecule has 0 aromatic carbocycles. The fourth-order valence-electron chi connectivity index (χ4n) is 2.63. The number of carbonyl (C=O) groups excluding carboxylic acids is 1. The van der Waals surface area contributed by atoms with Gasteiger partial charge < -0.3 is 15.2 Å². The molecule has 0 aromatic heterocycles. The number of aliphatic carboxylic acids is 1. The van der Waals surface area contributed by atoms with E-state index in [-0.39, 0.29) is 30.1 Å². The van der Waals surface area contributed by atoms with Crippen LogP contribution in [0.25, 0.3) is 0 Å². The first kappa shape index (κ1) is 12.4. The molecule has 0 aromatic rings. The molecule has 1 amide bonds. The van der Waals surface area contributed by atoms with Gasteiger partial charge in [-0.25, -0.2) is 0 Å². The predicted molar refractivity (Wildman–Crippen MR) is 60.5 cm³/mol. The Balaban J connectivity index is 1.78. The summed E-state index contributed by atoms with van der Waals surface area (Å²) >= 11 is 0. The Hall–Kier alpha value is -1.10. The van der Waals surface area contributed by atoms with Gasteiger partial charge in [0.25, 0.3) is 0 Å². The molecule has 17 heavy (non-hydrogen) atoms. The van der Waals surface area contributed by atoms with Crippen LogP contribution in [0.2, 0.25) is 0 Å². The molecule has 2 aliphatic rings. The highest BCUT2D eigenvalue weighted by Gasteiger charge is 2.34. The summed E-state index contributed by atoms with van der Waals surface area (Å²) < 4.78 is 5.48. The first-order chi connectivity index (χ1) is 8.06. The van der Waals surface area contributed by atoms with Crippen LogP contribution in [-0.4, -0.2) is 35.2 Å². The lowest BCUT2D eigenvalue weighted by molar-refractivity contribution is -0.141. The van der Waals surface area contributed by atoms with Crippen molar-refractivity contribution < 1.29 is 19.4 Å². The molecule has 1 heterocycles. The van der Waals surface area contributed by atoms with E-state index in [0.717, 1.165) is 19.3 Å². The van der Waals surface area contributed by atoms with Crippen LogP contribution < -0.4 is 5.32 Å². The lowest BCUT2D eigenvalue weighted by atomic mass is 10.1. The summed E-state index contributed by atoms with van der Waals surface area (Å²) in [5.74, 6) is -1.14. The lowest BCUT2D eigenvalue weighted by Gasteiger charge is -2.16. The molecular weight excluding hydrogens is 222 g/mol. The van der Waals surface area contributed by atoms with E-state index in [1.54, 1.807) is 0 Å². The van der Waals surface area contributed by atoms with Crippen molar-refractivity contribution in [2.75, 3.05) is 0 Å². The molecule has 1 saturated carbocycles. The van der Waals surface area contributed by atoms with Gasteiger partial charge in [-0.1, -0.05) is 0 Å². The molecule has 1 aliphatic heterocycles. The van der Waals surface area contributed by atoms with Crippen molar-refractivity contribution >= 4 is 11.9 Å². The zero-order valence-electron chi connectivity index (χ0n) is 10.0. The van der Waals surface area contributed by atoms with E-state index in [1.165, 1.54) is 0 Å². The Morgan fingerprint density at radius 2 is 2.00 bits per heavy atom. The van der Waals surface area contributed by atoms with E-state index in [9.17, 15) is 9.59 Å². The molecule has 96 valence electrons. The summed E-state index contributed by atoms with van der Waals surface area (Å²) in [6.45, 7) is 1.96. The van der Waals surface area contributed by atoms with Gasteiger partial charge in [0.05, 0.1) is 12.0 Å². The molecule has 2 N–H and O–H groups in total. The third-order valence-electron chi connectivity index (χ3n) is 3.65. The van der Waals surface area contributed by atoms with Crippen LogP contribution in [0.15, 0.2) is 0 Å². The maximum absolute atomic E-state index is 11.8. The van der Waals surface area contributed by atoms with Gasteiger partial charge in [0.1, 0.15) is 6.10 Å². The quantitative estimate of drug-likeness (QED) is 0.770. The van der Waals surface area contributed by atoms with Crippen LogP contribution in [0.4, 0.5) is 0 Å². The summed E-state index contributed by atoms with van der Waals surface area (Å²) in [6, 6.07) is 0.00288. The van der Waals surface area contributed by atoms with Crippen LogP contribution in [0, 0.1) is 5.92 Å². The monoisotopic (exact) mass is 241 g/mol. The summed E-state index contributed by atoms with van der Waals surface area (Å²) in [5, 5.41) is 11.8. The van der Waals surface area contributed by atoms with Gasteiger partial charge in [-0.2, -0.15) is 0 Å². The van der Waals surface area contributed by atoms with E-state index in [0.29, 0.717) is 12.8 Å². The van der Waals surface area contributed by atoms with Gasteiger partial charge >= 0.3 is 5.97 Å². The van der Waals surface area contributed by atoms with Crippen LogP contribution in [0.5, 0.6) is 0 Å². The molecule has 0 radical (unpaired) electrons. The summed E-state index contributed by atoms with van der Waals surface area (Å²) in [5.41, 5.74) is 0. The fraction of sp³-hybridized carbons (Fsp3) is 0.833. The summed E-state index contributed by atoms with van der Waals surface area (Å²) in [7, 11) is 0. The van der Waals surface area contributed by atoms with Crippen molar-refractivity contribution in [3.05, 3.63) is 0 Å². The number of amides is 1. The number of hydrogen-bond donors (Lipinski definition) is 2. The third-order valence-corrected chi connectivity index (χ3v) is 3.65. The van der Waals surface area contributed by atoms with Crippen molar-refractivity contribution in [3.63, 3.8) is 0 Å². The predicted octanol–water partition coefficient (Wildman–Crippen LogP) is 0.923. The lowest BCUT2D eigenvalue weighted by Crippen LogP contribution is -2.40. The van der Waals surface area contributed by atoms with E-state index < -0.39 is 5.97 Å². The van der Waals surface area contributed by atoms with Crippen molar-refractivity contribution in [3.8, 4) is 0 Å². The normalized spacial score (nSPS) is 37.0. The van der Waals surface area contributed by atoms with Gasteiger partial charge in [-0.05, 0) is 39.0 Å². The van der Waals surface area contributed by atoms with E-state index in [2.05, 4.69) is 5.32 Å². The Morgan fingerprint density at radius 3 is 2.53 bits per heavy atom.